The van der Waals surface area contributed by atoms with Crippen molar-refractivity contribution in [1.29, 1.82) is 0 Å². The van der Waals surface area contributed by atoms with Crippen LogP contribution in [0.15, 0.2) is 12.1 Å². The van der Waals surface area contributed by atoms with Crippen LogP contribution in [-0.2, 0) is 9.53 Å². The van der Waals surface area contributed by atoms with Crippen LogP contribution >= 0.6 is 11.6 Å². The Balaban J connectivity index is 3.27. The molecule has 94 valence electrons. The average molecular weight is 259 g/mol. The summed E-state index contributed by atoms with van der Waals surface area (Å²) in [5.41, 5.74) is 0.888. The number of esters is 1. The summed E-state index contributed by atoms with van der Waals surface area (Å²) in [4.78, 5) is 11.2. The second-order valence-electron chi connectivity index (χ2n) is 4.02. The number of phenols is 1. The van der Waals surface area contributed by atoms with Gasteiger partial charge in [0.2, 0.25) is 0 Å². The van der Waals surface area contributed by atoms with Crippen molar-refractivity contribution in [1.82, 2.24) is 0 Å². The number of hydrogen-bond donors (Lipinski definition) is 2. The van der Waals surface area contributed by atoms with Gasteiger partial charge in [-0.15, -0.1) is 0 Å². The minimum Gasteiger partial charge on any atom is -0.506 e. The van der Waals surface area contributed by atoms with Crippen LogP contribution in [0.4, 0.5) is 0 Å². The number of aromatic hydroxyl groups is 1. The zero-order chi connectivity index (χ0) is 13.2. The second-order valence-corrected chi connectivity index (χ2v) is 4.43. The molecule has 0 amide bonds. The molecule has 1 atom stereocenters. The standard InChI is InChI=1S/C12H15ClO4/c1-6(2)7-4-8(10(14)9(13)5-7)11(15)12(16)17-3/h4-6,11,14-15H,1-3H3. The lowest BCUT2D eigenvalue weighted by molar-refractivity contribution is -0.150. The van der Waals surface area contributed by atoms with E-state index in [1.165, 1.54) is 0 Å². The maximum atomic E-state index is 11.2. The fourth-order valence-corrected chi connectivity index (χ4v) is 1.66. The molecule has 5 heteroatoms. The molecular formula is C12H15ClO4. The third kappa shape index (κ3) is 2.90. The molecule has 0 fully saturated rings. The summed E-state index contributed by atoms with van der Waals surface area (Å²) in [6, 6.07) is 3.16. The number of aliphatic hydroxyl groups excluding tert-OH is 1. The van der Waals surface area contributed by atoms with Gasteiger partial charge < -0.3 is 14.9 Å². The molecule has 4 nitrogen and oxygen atoms in total. The molecule has 0 spiro atoms. The van der Waals surface area contributed by atoms with E-state index in [1.807, 2.05) is 13.8 Å². The maximum Gasteiger partial charge on any atom is 0.339 e. The molecule has 1 unspecified atom stereocenters. The van der Waals surface area contributed by atoms with E-state index >= 15 is 0 Å². The molecule has 0 saturated carbocycles. The van der Waals surface area contributed by atoms with E-state index in [9.17, 15) is 15.0 Å². The first kappa shape index (κ1) is 13.8. The predicted octanol–water partition coefficient (Wildman–Crippen LogP) is 2.38. The van der Waals surface area contributed by atoms with Crippen molar-refractivity contribution in [2.75, 3.05) is 7.11 Å². The number of benzene rings is 1. The molecule has 1 aromatic rings. The third-order valence-corrected chi connectivity index (χ3v) is 2.79. The van der Waals surface area contributed by atoms with E-state index in [4.69, 9.17) is 11.6 Å². The number of methoxy groups -OCH3 is 1. The van der Waals surface area contributed by atoms with Crippen molar-refractivity contribution in [2.45, 2.75) is 25.9 Å². The number of hydrogen-bond acceptors (Lipinski definition) is 4. The van der Waals surface area contributed by atoms with Crippen LogP contribution in [0.2, 0.25) is 5.02 Å². The van der Waals surface area contributed by atoms with Gasteiger partial charge in [0, 0.05) is 5.56 Å². The van der Waals surface area contributed by atoms with Crippen LogP contribution in [0.5, 0.6) is 5.75 Å². The Morgan fingerprint density at radius 3 is 2.47 bits per heavy atom. The summed E-state index contributed by atoms with van der Waals surface area (Å²) in [5, 5.41) is 19.5. The van der Waals surface area contributed by atoms with Gasteiger partial charge >= 0.3 is 5.97 Å². The van der Waals surface area contributed by atoms with Gasteiger partial charge in [-0.2, -0.15) is 0 Å². The van der Waals surface area contributed by atoms with E-state index in [0.29, 0.717) is 0 Å². The first-order valence-electron chi connectivity index (χ1n) is 5.16. The Labute approximate surface area is 105 Å². The van der Waals surface area contributed by atoms with Crippen LogP contribution in [0, 0.1) is 0 Å². The minimum atomic E-state index is -1.53. The number of rotatable bonds is 3. The molecule has 17 heavy (non-hydrogen) atoms. The monoisotopic (exact) mass is 258 g/mol. The fourth-order valence-electron chi connectivity index (χ4n) is 1.42. The largest absolute Gasteiger partial charge is 0.506 e. The number of halogens is 1. The van der Waals surface area contributed by atoms with Gasteiger partial charge in [-0.3, -0.25) is 0 Å². The maximum absolute atomic E-state index is 11.2. The highest BCUT2D eigenvalue weighted by Gasteiger charge is 2.23. The Hall–Kier alpha value is -1.26. The van der Waals surface area contributed by atoms with Crippen molar-refractivity contribution in [3.63, 3.8) is 0 Å². The number of carbonyl (C=O) groups is 1. The van der Waals surface area contributed by atoms with Crippen molar-refractivity contribution in [3.8, 4) is 5.75 Å². The first-order valence-corrected chi connectivity index (χ1v) is 5.54. The summed E-state index contributed by atoms with van der Waals surface area (Å²) in [6.45, 7) is 3.88. The molecule has 0 aliphatic heterocycles. The van der Waals surface area contributed by atoms with Crippen LogP contribution in [-0.4, -0.2) is 23.3 Å². The summed E-state index contributed by atoms with van der Waals surface area (Å²) in [5.74, 6) is -0.970. The Kier molecular flexibility index (Phi) is 4.37. The van der Waals surface area contributed by atoms with Crippen LogP contribution in [0.1, 0.15) is 37.0 Å². The summed E-state index contributed by atoms with van der Waals surface area (Å²) >= 11 is 5.84. The fraction of sp³-hybridized carbons (Fsp3) is 0.417. The number of ether oxygens (including phenoxy) is 1. The summed E-state index contributed by atoms with van der Waals surface area (Å²) in [7, 11) is 1.16. The predicted molar refractivity (Wildman–Crippen MR) is 64.2 cm³/mol. The van der Waals surface area contributed by atoms with E-state index < -0.39 is 12.1 Å². The highest BCUT2D eigenvalue weighted by atomic mass is 35.5. The zero-order valence-electron chi connectivity index (χ0n) is 9.90. The van der Waals surface area contributed by atoms with Gasteiger partial charge in [-0.05, 0) is 23.6 Å². The first-order chi connectivity index (χ1) is 7.88. The smallest absolute Gasteiger partial charge is 0.339 e. The van der Waals surface area contributed by atoms with E-state index in [0.717, 1.165) is 12.7 Å². The molecule has 0 aliphatic rings. The highest BCUT2D eigenvalue weighted by Crippen LogP contribution is 2.35. The molecule has 2 N–H and O–H groups in total. The van der Waals surface area contributed by atoms with Crippen LogP contribution in [0.25, 0.3) is 0 Å². The Morgan fingerprint density at radius 1 is 1.41 bits per heavy atom. The molecule has 0 radical (unpaired) electrons. The average Bonchev–Trinajstić information content (AvgIpc) is 2.30. The molecule has 1 rings (SSSR count). The number of phenolic OH excluding ortho intramolecular Hbond substituents is 1. The topological polar surface area (TPSA) is 66.8 Å². The lowest BCUT2D eigenvalue weighted by Crippen LogP contribution is -2.14. The van der Waals surface area contributed by atoms with Gasteiger partial charge in [-0.1, -0.05) is 25.4 Å². The zero-order valence-corrected chi connectivity index (χ0v) is 10.7. The van der Waals surface area contributed by atoms with E-state index in [-0.39, 0.29) is 22.3 Å². The second kappa shape index (κ2) is 5.38. The molecule has 0 aromatic heterocycles. The van der Waals surface area contributed by atoms with E-state index in [1.54, 1.807) is 12.1 Å². The lowest BCUT2D eigenvalue weighted by atomic mass is 9.98. The number of aliphatic hydroxyl groups is 1. The van der Waals surface area contributed by atoms with Crippen molar-refractivity contribution >= 4 is 17.6 Å². The minimum absolute atomic E-state index is 0.0630. The van der Waals surface area contributed by atoms with Gasteiger partial charge in [0.25, 0.3) is 0 Å². The normalized spacial score (nSPS) is 12.6. The van der Waals surface area contributed by atoms with Gasteiger partial charge in [0.15, 0.2) is 6.10 Å². The van der Waals surface area contributed by atoms with Crippen molar-refractivity contribution < 1.29 is 19.7 Å². The molecular weight excluding hydrogens is 244 g/mol. The molecule has 0 bridgehead atoms. The van der Waals surface area contributed by atoms with Gasteiger partial charge in [-0.25, -0.2) is 4.79 Å². The molecule has 0 aliphatic carbocycles. The van der Waals surface area contributed by atoms with Gasteiger partial charge in [0.1, 0.15) is 5.75 Å². The van der Waals surface area contributed by atoms with Crippen LogP contribution < -0.4 is 0 Å². The highest BCUT2D eigenvalue weighted by molar-refractivity contribution is 6.32. The number of carbonyl (C=O) groups excluding carboxylic acids is 1. The van der Waals surface area contributed by atoms with E-state index in [2.05, 4.69) is 4.74 Å². The van der Waals surface area contributed by atoms with Gasteiger partial charge in [0.05, 0.1) is 12.1 Å². The third-order valence-electron chi connectivity index (χ3n) is 2.50. The van der Waals surface area contributed by atoms with Crippen molar-refractivity contribution in [2.24, 2.45) is 0 Å². The van der Waals surface area contributed by atoms with Crippen molar-refractivity contribution in [3.05, 3.63) is 28.3 Å². The summed E-state index contributed by atoms with van der Waals surface area (Å²) in [6.07, 6.45) is -1.53. The Morgan fingerprint density at radius 2 is 2.00 bits per heavy atom. The SMILES string of the molecule is COC(=O)C(O)c1cc(C(C)C)cc(Cl)c1O. The molecule has 0 saturated heterocycles. The summed E-state index contributed by atoms with van der Waals surface area (Å²) < 4.78 is 4.42. The molecule has 1 aromatic carbocycles. The quantitative estimate of drug-likeness (QED) is 0.817. The van der Waals surface area contributed by atoms with Crippen LogP contribution in [0.3, 0.4) is 0 Å². The Bertz CT molecular complexity index is 429. The lowest BCUT2D eigenvalue weighted by Gasteiger charge is -2.15. The molecule has 0 heterocycles.